The molecule has 6 heteroatoms. The molecule has 0 amide bonds. The van der Waals surface area contributed by atoms with Crippen LogP contribution in [0.3, 0.4) is 0 Å². The average molecular weight is 379 g/mol. The van der Waals surface area contributed by atoms with Crippen molar-refractivity contribution < 1.29 is 8.42 Å². The maximum atomic E-state index is 12.4. The number of rotatable bonds is 7. The lowest BCUT2D eigenvalue weighted by atomic mass is 9.97. The number of hydrogen-bond donors (Lipinski definition) is 1. The molecule has 0 saturated carbocycles. The normalized spacial score (nSPS) is 17.0. The first-order chi connectivity index (χ1) is 12.1. The van der Waals surface area contributed by atoms with Crippen molar-refractivity contribution in [3.05, 3.63) is 52.9 Å². The molecule has 1 fully saturated rings. The standard InChI is InChI=1S/C19H26N2O2S2/c1-2-18-8-9-19(24-18)25(22,23)20-14-16-10-12-21(13-11-16)15-17-6-4-3-5-7-17/h3-9,16,20H,2,10-15H2,1H3. The topological polar surface area (TPSA) is 49.4 Å². The molecule has 25 heavy (non-hydrogen) atoms. The zero-order valence-electron chi connectivity index (χ0n) is 14.6. The molecule has 0 atom stereocenters. The highest BCUT2D eigenvalue weighted by Gasteiger charge is 2.22. The summed E-state index contributed by atoms with van der Waals surface area (Å²) >= 11 is 1.37. The van der Waals surface area contributed by atoms with Gasteiger partial charge in [-0.05, 0) is 56.0 Å². The number of sulfonamides is 1. The van der Waals surface area contributed by atoms with Crippen LogP contribution < -0.4 is 4.72 Å². The Morgan fingerprint density at radius 3 is 2.48 bits per heavy atom. The first kappa shape index (κ1) is 18.6. The Morgan fingerprint density at radius 1 is 1.12 bits per heavy atom. The highest BCUT2D eigenvalue weighted by molar-refractivity contribution is 7.91. The van der Waals surface area contributed by atoms with E-state index in [1.165, 1.54) is 16.9 Å². The van der Waals surface area contributed by atoms with Gasteiger partial charge in [-0.3, -0.25) is 4.90 Å². The molecular weight excluding hydrogens is 352 g/mol. The largest absolute Gasteiger partial charge is 0.299 e. The van der Waals surface area contributed by atoms with Crippen LogP contribution in [0.15, 0.2) is 46.7 Å². The number of piperidine rings is 1. The van der Waals surface area contributed by atoms with Crippen LogP contribution in [0.4, 0.5) is 0 Å². The molecule has 1 saturated heterocycles. The molecule has 0 radical (unpaired) electrons. The summed E-state index contributed by atoms with van der Waals surface area (Å²) in [6, 6.07) is 14.1. The molecule has 1 aliphatic rings. The summed E-state index contributed by atoms with van der Waals surface area (Å²) in [6.45, 7) is 5.62. The molecule has 4 nitrogen and oxygen atoms in total. The number of hydrogen-bond acceptors (Lipinski definition) is 4. The van der Waals surface area contributed by atoms with Crippen molar-refractivity contribution in [2.45, 2.75) is 36.9 Å². The van der Waals surface area contributed by atoms with Gasteiger partial charge >= 0.3 is 0 Å². The van der Waals surface area contributed by atoms with Crippen LogP contribution >= 0.6 is 11.3 Å². The molecular formula is C19H26N2O2S2. The molecule has 2 aromatic rings. The smallest absolute Gasteiger partial charge is 0.250 e. The second-order valence-corrected chi connectivity index (χ2v) is 9.79. The summed E-state index contributed by atoms with van der Waals surface area (Å²) in [6.07, 6.45) is 2.96. The van der Waals surface area contributed by atoms with Crippen molar-refractivity contribution in [3.8, 4) is 0 Å². The van der Waals surface area contributed by atoms with E-state index in [1.54, 1.807) is 6.07 Å². The predicted octanol–water partition coefficient (Wildman–Crippen LogP) is 3.50. The van der Waals surface area contributed by atoms with E-state index < -0.39 is 10.0 Å². The fourth-order valence-corrected chi connectivity index (χ4v) is 5.64. The van der Waals surface area contributed by atoms with Crippen molar-refractivity contribution in [1.29, 1.82) is 0 Å². The number of aryl methyl sites for hydroxylation is 1. The summed E-state index contributed by atoms with van der Waals surface area (Å²) in [7, 11) is -3.36. The second kappa shape index (κ2) is 8.45. The van der Waals surface area contributed by atoms with Crippen LogP contribution in [-0.4, -0.2) is 33.0 Å². The lowest BCUT2D eigenvalue weighted by molar-refractivity contribution is 0.178. The average Bonchev–Trinajstić information content (AvgIpc) is 3.12. The quantitative estimate of drug-likeness (QED) is 0.802. The fraction of sp³-hybridized carbons (Fsp3) is 0.474. The van der Waals surface area contributed by atoms with Gasteiger partial charge in [-0.1, -0.05) is 37.3 Å². The van der Waals surface area contributed by atoms with Crippen molar-refractivity contribution in [2.24, 2.45) is 5.92 Å². The molecule has 1 aromatic heterocycles. The Bertz CT molecular complexity index is 764. The number of nitrogens with zero attached hydrogens (tertiary/aromatic N) is 1. The summed E-state index contributed by atoms with van der Waals surface area (Å²) in [5.41, 5.74) is 1.34. The van der Waals surface area contributed by atoms with Crippen molar-refractivity contribution >= 4 is 21.4 Å². The number of thiophene rings is 1. The van der Waals surface area contributed by atoms with Gasteiger partial charge in [-0.15, -0.1) is 11.3 Å². The van der Waals surface area contributed by atoms with Gasteiger partial charge in [0.15, 0.2) is 0 Å². The summed E-state index contributed by atoms with van der Waals surface area (Å²) in [5.74, 6) is 0.424. The van der Waals surface area contributed by atoms with Crippen LogP contribution in [0.25, 0.3) is 0 Å². The third kappa shape index (κ3) is 5.14. The van der Waals surface area contributed by atoms with Gasteiger partial charge in [0.25, 0.3) is 0 Å². The monoisotopic (exact) mass is 378 g/mol. The predicted molar refractivity (Wildman–Crippen MR) is 103 cm³/mol. The van der Waals surface area contributed by atoms with Crippen LogP contribution in [0, 0.1) is 5.92 Å². The van der Waals surface area contributed by atoms with Crippen molar-refractivity contribution in [1.82, 2.24) is 9.62 Å². The van der Waals surface area contributed by atoms with Crippen LogP contribution in [0.2, 0.25) is 0 Å². The number of likely N-dealkylation sites (tertiary alicyclic amines) is 1. The minimum absolute atomic E-state index is 0.424. The van der Waals surface area contributed by atoms with Gasteiger partial charge in [-0.25, -0.2) is 13.1 Å². The van der Waals surface area contributed by atoms with Gasteiger partial charge in [0.05, 0.1) is 0 Å². The van der Waals surface area contributed by atoms with E-state index in [4.69, 9.17) is 0 Å². The maximum absolute atomic E-state index is 12.4. The summed E-state index contributed by atoms with van der Waals surface area (Å²) in [4.78, 5) is 3.56. The highest BCUT2D eigenvalue weighted by atomic mass is 32.2. The lowest BCUT2D eigenvalue weighted by Crippen LogP contribution is -2.38. The Kier molecular flexibility index (Phi) is 6.28. The molecule has 0 unspecified atom stereocenters. The van der Waals surface area contributed by atoms with Gasteiger partial charge in [0.2, 0.25) is 10.0 Å². The van der Waals surface area contributed by atoms with Gasteiger partial charge in [0, 0.05) is 18.0 Å². The fourth-order valence-electron chi connectivity index (χ4n) is 3.18. The molecule has 1 aromatic carbocycles. The third-order valence-electron chi connectivity index (χ3n) is 4.77. The number of nitrogens with one attached hydrogen (secondary N) is 1. The SMILES string of the molecule is CCc1ccc(S(=O)(=O)NCC2CCN(Cc3ccccc3)CC2)s1. The van der Waals surface area contributed by atoms with Crippen molar-refractivity contribution in [2.75, 3.05) is 19.6 Å². The maximum Gasteiger partial charge on any atom is 0.250 e. The first-order valence-electron chi connectivity index (χ1n) is 8.91. The Balaban J connectivity index is 1.46. The van der Waals surface area contributed by atoms with Crippen LogP contribution in [0.5, 0.6) is 0 Å². The highest BCUT2D eigenvalue weighted by Crippen LogP contribution is 2.23. The van der Waals surface area contributed by atoms with Gasteiger partial charge < -0.3 is 0 Å². The molecule has 3 rings (SSSR count). The Morgan fingerprint density at radius 2 is 1.84 bits per heavy atom. The minimum Gasteiger partial charge on any atom is -0.299 e. The lowest BCUT2D eigenvalue weighted by Gasteiger charge is -2.32. The molecule has 0 bridgehead atoms. The minimum atomic E-state index is -3.36. The zero-order valence-corrected chi connectivity index (χ0v) is 16.3. The van der Waals surface area contributed by atoms with Gasteiger partial charge in [0.1, 0.15) is 4.21 Å². The van der Waals surface area contributed by atoms with Crippen LogP contribution in [0.1, 0.15) is 30.2 Å². The van der Waals surface area contributed by atoms with E-state index in [0.29, 0.717) is 16.7 Å². The Labute approximate surface area is 154 Å². The van der Waals surface area contributed by atoms with Crippen molar-refractivity contribution in [3.63, 3.8) is 0 Å². The molecule has 2 heterocycles. The van der Waals surface area contributed by atoms with E-state index in [0.717, 1.165) is 43.8 Å². The van der Waals surface area contributed by atoms with E-state index in [9.17, 15) is 8.42 Å². The van der Waals surface area contributed by atoms with Gasteiger partial charge in [-0.2, -0.15) is 0 Å². The second-order valence-electron chi connectivity index (χ2n) is 6.63. The van der Waals surface area contributed by atoms with E-state index in [2.05, 4.69) is 33.9 Å². The summed E-state index contributed by atoms with van der Waals surface area (Å²) in [5, 5.41) is 0. The summed E-state index contributed by atoms with van der Waals surface area (Å²) < 4.78 is 28.0. The van der Waals surface area contributed by atoms with E-state index in [1.807, 2.05) is 19.1 Å². The zero-order chi connectivity index (χ0) is 17.7. The van der Waals surface area contributed by atoms with Crippen LogP contribution in [-0.2, 0) is 23.0 Å². The van der Waals surface area contributed by atoms with E-state index >= 15 is 0 Å². The first-order valence-corrected chi connectivity index (χ1v) is 11.2. The van der Waals surface area contributed by atoms with E-state index in [-0.39, 0.29) is 0 Å². The molecule has 1 aliphatic heterocycles. The molecule has 1 N–H and O–H groups in total. The number of benzene rings is 1. The molecule has 136 valence electrons. The molecule has 0 spiro atoms. The Hall–Kier alpha value is -1.21. The molecule has 0 aliphatic carbocycles. The third-order valence-corrected chi connectivity index (χ3v) is 7.91.